The molecule has 0 aliphatic carbocycles. The van der Waals surface area contributed by atoms with Gasteiger partial charge < -0.3 is 14.2 Å². The standard InChI is InChI=1S/C16H20N4O4/c1-12(23-10-15-4-2-3-9-22-15)16(21)24-14-7-5-13(6-8-14)20-11-17-18-19-20/h5-8,11-12,15H,2-4,9-10H2,1H3. The van der Waals surface area contributed by atoms with Gasteiger partial charge in [-0.25, -0.2) is 9.48 Å². The molecule has 0 saturated carbocycles. The molecule has 24 heavy (non-hydrogen) atoms. The Morgan fingerprint density at radius 3 is 2.88 bits per heavy atom. The van der Waals surface area contributed by atoms with Crippen molar-refractivity contribution in [2.24, 2.45) is 0 Å². The summed E-state index contributed by atoms with van der Waals surface area (Å²) in [5.74, 6) is 0.0159. The van der Waals surface area contributed by atoms with Crippen molar-refractivity contribution in [3.05, 3.63) is 30.6 Å². The van der Waals surface area contributed by atoms with E-state index in [0.717, 1.165) is 31.6 Å². The molecule has 2 unspecified atom stereocenters. The van der Waals surface area contributed by atoms with Gasteiger partial charge in [-0.3, -0.25) is 0 Å². The third kappa shape index (κ3) is 4.36. The Kier molecular flexibility index (Phi) is 5.50. The maximum Gasteiger partial charge on any atom is 0.340 e. The molecule has 2 atom stereocenters. The molecule has 3 rings (SSSR count). The number of carbonyl (C=O) groups excluding carboxylic acids is 1. The molecule has 1 aliphatic rings. The van der Waals surface area contributed by atoms with E-state index in [-0.39, 0.29) is 6.10 Å². The number of ether oxygens (including phenoxy) is 3. The lowest BCUT2D eigenvalue weighted by atomic mass is 10.1. The molecule has 0 radical (unpaired) electrons. The highest BCUT2D eigenvalue weighted by Gasteiger charge is 2.20. The Morgan fingerprint density at radius 1 is 1.38 bits per heavy atom. The zero-order valence-electron chi connectivity index (χ0n) is 13.5. The second kappa shape index (κ2) is 7.98. The van der Waals surface area contributed by atoms with Crippen LogP contribution in [0.25, 0.3) is 5.69 Å². The SMILES string of the molecule is CC(OCC1CCCCO1)C(=O)Oc1ccc(-n2cnnn2)cc1. The largest absolute Gasteiger partial charge is 0.425 e. The summed E-state index contributed by atoms with van der Waals surface area (Å²) in [5.41, 5.74) is 0.776. The topological polar surface area (TPSA) is 88.4 Å². The molecular formula is C16H20N4O4. The molecule has 0 N–H and O–H groups in total. The maximum absolute atomic E-state index is 12.1. The van der Waals surface area contributed by atoms with Gasteiger partial charge in [0.2, 0.25) is 0 Å². The molecule has 8 heteroatoms. The van der Waals surface area contributed by atoms with Crippen molar-refractivity contribution < 1.29 is 19.0 Å². The fourth-order valence-corrected chi connectivity index (χ4v) is 2.40. The number of esters is 1. The minimum atomic E-state index is -0.644. The number of carbonyl (C=O) groups is 1. The molecule has 0 bridgehead atoms. The van der Waals surface area contributed by atoms with Gasteiger partial charge in [0.25, 0.3) is 0 Å². The van der Waals surface area contributed by atoms with Crippen molar-refractivity contribution in [3.63, 3.8) is 0 Å². The van der Waals surface area contributed by atoms with Crippen LogP contribution in [-0.2, 0) is 14.3 Å². The molecular weight excluding hydrogens is 312 g/mol. The van der Waals surface area contributed by atoms with E-state index in [9.17, 15) is 4.79 Å². The highest BCUT2D eigenvalue weighted by molar-refractivity contribution is 5.76. The van der Waals surface area contributed by atoms with Crippen LogP contribution in [-0.4, -0.2) is 51.6 Å². The molecule has 128 valence electrons. The fraction of sp³-hybridized carbons (Fsp3) is 0.500. The fourth-order valence-electron chi connectivity index (χ4n) is 2.40. The summed E-state index contributed by atoms with van der Waals surface area (Å²) in [6, 6.07) is 6.90. The van der Waals surface area contributed by atoms with Gasteiger partial charge in [0.15, 0.2) is 6.10 Å². The molecule has 8 nitrogen and oxygen atoms in total. The van der Waals surface area contributed by atoms with E-state index < -0.39 is 12.1 Å². The van der Waals surface area contributed by atoms with Gasteiger partial charge in [-0.15, -0.1) is 5.10 Å². The van der Waals surface area contributed by atoms with Gasteiger partial charge in [0, 0.05) is 6.61 Å². The van der Waals surface area contributed by atoms with Crippen molar-refractivity contribution in [1.29, 1.82) is 0 Å². The van der Waals surface area contributed by atoms with E-state index in [0.29, 0.717) is 12.4 Å². The van der Waals surface area contributed by atoms with E-state index in [1.807, 2.05) is 0 Å². The second-order valence-corrected chi connectivity index (χ2v) is 5.63. The third-order valence-electron chi connectivity index (χ3n) is 3.81. The molecule has 1 saturated heterocycles. The maximum atomic E-state index is 12.1. The van der Waals surface area contributed by atoms with Gasteiger partial charge >= 0.3 is 5.97 Å². The average molecular weight is 332 g/mol. The summed E-state index contributed by atoms with van der Waals surface area (Å²) < 4.78 is 18.0. The Balaban J connectivity index is 1.48. The normalized spacial score (nSPS) is 19.0. The molecule has 1 aromatic heterocycles. The van der Waals surface area contributed by atoms with Crippen LogP contribution in [0.3, 0.4) is 0 Å². The summed E-state index contributed by atoms with van der Waals surface area (Å²) in [5, 5.41) is 10.9. The van der Waals surface area contributed by atoms with Crippen LogP contribution in [0.4, 0.5) is 0 Å². The summed E-state index contributed by atoms with van der Waals surface area (Å²) in [6.45, 7) is 2.86. The number of rotatable bonds is 6. The molecule has 1 aromatic carbocycles. The lowest BCUT2D eigenvalue weighted by Gasteiger charge is -2.23. The lowest BCUT2D eigenvalue weighted by Crippen LogP contribution is -2.31. The first kappa shape index (κ1) is 16.5. The number of aromatic nitrogens is 4. The van der Waals surface area contributed by atoms with E-state index >= 15 is 0 Å². The Hall–Kier alpha value is -2.32. The van der Waals surface area contributed by atoms with Gasteiger partial charge in [-0.1, -0.05) is 0 Å². The first-order valence-corrected chi connectivity index (χ1v) is 8.01. The molecule has 2 heterocycles. The Bertz CT molecular complexity index is 639. The van der Waals surface area contributed by atoms with Crippen LogP contribution in [0.2, 0.25) is 0 Å². The Morgan fingerprint density at radius 2 is 2.21 bits per heavy atom. The second-order valence-electron chi connectivity index (χ2n) is 5.63. The monoisotopic (exact) mass is 332 g/mol. The van der Waals surface area contributed by atoms with Crippen molar-refractivity contribution in [2.75, 3.05) is 13.2 Å². The van der Waals surface area contributed by atoms with Crippen LogP contribution in [0, 0.1) is 0 Å². The lowest BCUT2D eigenvalue weighted by molar-refractivity contribution is -0.149. The van der Waals surface area contributed by atoms with E-state index in [1.54, 1.807) is 31.2 Å². The number of hydrogen-bond acceptors (Lipinski definition) is 7. The van der Waals surface area contributed by atoms with Gasteiger partial charge in [0.05, 0.1) is 18.4 Å². The zero-order valence-corrected chi connectivity index (χ0v) is 13.5. The van der Waals surface area contributed by atoms with Crippen LogP contribution in [0.1, 0.15) is 26.2 Å². The summed E-state index contributed by atoms with van der Waals surface area (Å²) in [6.07, 6.45) is 4.12. The van der Waals surface area contributed by atoms with Crippen molar-refractivity contribution in [1.82, 2.24) is 20.2 Å². The highest BCUT2D eigenvalue weighted by Crippen LogP contribution is 2.16. The van der Waals surface area contributed by atoms with Crippen LogP contribution < -0.4 is 4.74 Å². The van der Waals surface area contributed by atoms with E-state index in [2.05, 4.69) is 15.5 Å². The Labute approximate surface area is 139 Å². The summed E-state index contributed by atoms with van der Waals surface area (Å²) in [4.78, 5) is 12.1. The number of benzene rings is 1. The quantitative estimate of drug-likeness (QED) is 0.585. The number of nitrogens with zero attached hydrogens (tertiary/aromatic N) is 4. The molecule has 0 amide bonds. The van der Waals surface area contributed by atoms with Crippen LogP contribution in [0.5, 0.6) is 5.75 Å². The highest BCUT2D eigenvalue weighted by atomic mass is 16.6. The molecule has 2 aromatic rings. The predicted octanol–water partition coefficient (Wildman–Crippen LogP) is 1.54. The van der Waals surface area contributed by atoms with Crippen LogP contribution >= 0.6 is 0 Å². The molecule has 1 aliphatic heterocycles. The summed E-state index contributed by atoms with van der Waals surface area (Å²) >= 11 is 0. The number of tetrazole rings is 1. The zero-order chi connectivity index (χ0) is 16.8. The smallest absolute Gasteiger partial charge is 0.340 e. The van der Waals surface area contributed by atoms with Crippen molar-refractivity contribution in [3.8, 4) is 11.4 Å². The van der Waals surface area contributed by atoms with Crippen LogP contribution in [0.15, 0.2) is 30.6 Å². The third-order valence-corrected chi connectivity index (χ3v) is 3.81. The predicted molar refractivity (Wildman–Crippen MR) is 83.8 cm³/mol. The van der Waals surface area contributed by atoms with Gasteiger partial charge in [0.1, 0.15) is 12.1 Å². The van der Waals surface area contributed by atoms with Crippen molar-refractivity contribution in [2.45, 2.75) is 38.4 Å². The first-order valence-electron chi connectivity index (χ1n) is 8.01. The summed E-state index contributed by atoms with van der Waals surface area (Å²) in [7, 11) is 0. The number of hydrogen-bond donors (Lipinski definition) is 0. The first-order chi connectivity index (χ1) is 11.7. The molecule has 1 fully saturated rings. The van der Waals surface area contributed by atoms with E-state index in [1.165, 1.54) is 11.0 Å². The minimum Gasteiger partial charge on any atom is -0.425 e. The average Bonchev–Trinajstić information content (AvgIpc) is 3.16. The van der Waals surface area contributed by atoms with Gasteiger partial charge in [-0.2, -0.15) is 0 Å². The van der Waals surface area contributed by atoms with Gasteiger partial charge in [-0.05, 0) is 60.9 Å². The molecule has 0 spiro atoms. The van der Waals surface area contributed by atoms with E-state index in [4.69, 9.17) is 14.2 Å². The van der Waals surface area contributed by atoms with Crippen molar-refractivity contribution >= 4 is 5.97 Å². The minimum absolute atomic E-state index is 0.0737.